The number of aromatic amines is 1. The SMILES string of the molecule is CC(C)(C)c1ccc(/C=C(/C#N)C(=O)NCCc2c[nH]c3ccccc23)cc1. The van der Waals surface area contributed by atoms with Crippen LogP contribution in [0.4, 0.5) is 0 Å². The number of hydrogen-bond acceptors (Lipinski definition) is 2. The van der Waals surface area contributed by atoms with Gasteiger partial charge in [0.05, 0.1) is 0 Å². The standard InChI is InChI=1S/C24H25N3O/c1-24(2,3)20-10-8-17(9-11-20)14-19(15-25)23(28)26-13-12-18-16-27-22-7-5-4-6-21(18)22/h4-11,14,16,27H,12-13H2,1-3H3,(H,26,28)/b19-14-. The minimum atomic E-state index is -0.345. The molecule has 4 heteroatoms. The third-order valence-corrected chi connectivity index (χ3v) is 4.81. The van der Waals surface area contributed by atoms with Crippen LogP contribution in [0.25, 0.3) is 17.0 Å². The van der Waals surface area contributed by atoms with E-state index in [1.165, 1.54) is 5.56 Å². The number of hydrogen-bond donors (Lipinski definition) is 2. The van der Waals surface area contributed by atoms with Crippen LogP contribution in [-0.2, 0) is 16.6 Å². The maximum Gasteiger partial charge on any atom is 0.261 e. The highest BCUT2D eigenvalue weighted by atomic mass is 16.1. The summed E-state index contributed by atoms with van der Waals surface area (Å²) in [6, 6.07) is 18.0. The molecular weight excluding hydrogens is 346 g/mol. The predicted octanol–water partition coefficient (Wildman–Crippen LogP) is 4.73. The van der Waals surface area contributed by atoms with Crippen molar-refractivity contribution < 1.29 is 4.79 Å². The number of nitrogens with one attached hydrogen (secondary N) is 2. The molecule has 2 N–H and O–H groups in total. The zero-order chi connectivity index (χ0) is 20.1. The highest BCUT2D eigenvalue weighted by molar-refractivity contribution is 6.01. The lowest BCUT2D eigenvalue weighted by Gasteiger charge is -2.18. The van der Waals surface area contributed by atoms with Gasteiger partial charge in [-0.1, -0.05) is 63.2 Å². The van der Waals surface area contributed by atoms with E-state index in [4.69, 9.17) is 0 Å². The number of benzene rings is 2. The second-order valence-electron chi connectivity index (χ2n) is 7.91. The number of aromatic nitrogens is 1. The van der Waals surface area contributed by atoms with Crippen LogP contribution in [0.15, 0.2) is 60.3 Å². The van der Waals surface area contributed by atoms with Crippen LogP contribution < -0.4 is 5.32 Å². The van der Waals surface area contributed by atoms with E-state index in [2.05, 4.69) is 37.1 Å². The fraction of sp³-hybridized carbons (Fsp3) is 0.250. The van der Waals surface area contributed by atoms with Crippen LogP contribution in [0, 0.1) is 11.3 Å². The van der Waals surface area contributed by atoms with Gasteiger partial charge in [0.2, 0.25) is 0 Å². The monoisotopic (exact) mass is 371 g/mol. The van der Waals surface area contributed by atoms with Crippen molar-refractivity contribution in [3.8, 4) is 6.07 Å². The van der Waals surface area contributed by atoms with Gasteiger partial charge in [-0.3, -0.25) is 4.79 Å². The molecule has 2 aromatic carbocycles. The van der Waals surface area contributed by atoms with Crippen molar-refractivity contribution in [3.63, 3.8) is 0 Å². The first-order chi connectivity index (χ1) is 13.4. The molecule has 0 aliphatic carbocycles. The Balaban J connectivity index is 1.63. The first-order valence-corrected chi connectivity index (χ1v) is 9.44. The largest absolute Gasteiger partial charge is 0.361 e. The van der Waals surface area contributed by atoms with Crippen molar-refractivity contribution in [3.05, 3.63) is 77.0 Å². The lowest BCUT2D eigenvalue weighted by molar-refractivity contribution is -0.117. The molecule has 1 heterocycles. The van der Waals surface area contributed by atoms with E-state index in [1.807, 2.05) is 54.7 Å². The van der Waals surface area contributed by atoms with Gasteiger partial charge >= 0.3 is 0 Å². The molecule has 0 spiro atoms. The molecule has 0 aliphatic heterocycles. The fourth-order valence-corrected chi connectivity index (χ4v) is 3.14. The van der Waals surface area contributed by atoms with Gasteiger partial charge in [-0.05, 0) is 40.7 Å². The summed E-state index contributed by atoms with van der Waals surface area (Å²) in [5.74, 6) is -0.345. The zero-order valence-electron chi connectivity index (χ0n) is 16.5. The van der Waals surface area contributed by atoms with Gasteiger partial charge < -0.3 is 10.3 Å². The van der Waals surface area contributed by atoms with Crippen molar-refractivity contribution in [2.24, 2.45) is 0 Å². The number of carbonyl (C=O) groups excluding carboxylic acids is 1. The summed E-state index contributed by atoms with van der Waals surface area (Å²) in [7, 11) is 0. The zero-order valence-corrected chi connectivity index (χ0v) is 16.5. The molecule has 0 atom stereocenters. The summed E-state index contributed by atoms with van der Waals surface area (Å²) < 4.78 is 0. The van der Waals surface area contributed by atoms with Crippen LogP contribution in [0.3, 0.4) is 0 Å². The Bertz CT molecular complexity index is 1040. The van der Waals surface area contributed by atoms with Crippen LogP contribution in [0.2, 0.25) is 0 Å². The van der Waals surface area contributed by atoms with E-state index in [0.29, 0.717) is 13.0 Å². The van der Waals surface area contributed by atoms with E-state index < -0.39 is 0 Å². The summed E-state index contributed by atoms with van der Waals surface area (Å²) in [6.45, 7) is 6.93. The number of nitrogens with zero attached hydrogens (tertiary/aromatic N) is 1. The van der Waals surface area contributed by atoms with E-state index in [-0.39, 0.29) is 16.9 Å². The molecule has 1 amide bonds. The lowest BCUT2D eigenvalue weighted by atomic mass is 9.86. The molecule has 4 nitrogen and oxygen atoms in total. The average Bonchev–Trinajstić information content (AvgIpc) is 3.09. The fourth-order valence-electron chi connectivity index (χ4n) is 3.14. The Labute approximate surface area is 165 Å². The molecule has 1 aromatic heterocycles. The van der Waals surface area contributed by atoms with Gasteiger partial charge in [-0.2, -0.15) is 5.26 Å². The number of fused-ring (bicyclic) bond motifs is 1. The summed E-state index contributed by atoms with van der Waals surface area (Å²) in [6.07, 6.45) is 4.30. The predicted molar refractivity (Wildman–Crippen MR) is 114 cm³/mol. The van der Waals surface area contributed by atoms with Crippen molar-refractivity contribution in [1.82, 2.24) is 10.3 Å². The average molecular weight is 371 g/mol. The topological polar surface area (TPSA) is 68.7 Å². The maximum absolute atomic E-state index is 12.4. The first kappa shape index (κ1) is 19.4. The molecule has 142 valence electrons. The third-order valence-electron chi connectivity index (χ3n) is 4.81. The number of nitriles is 1. The second-order valence-corrected chi connectivity index (χ2v) is 7.91. The van der Waals surface area contributed by atoms with Crippen molar-refractivity contribution in [2.45, 2.75) is 32.6 Å². The Kier molecular flexibility index (Phi) is 5.65. The van der Waals surface area contributed by atoms with Crippen molar-refractivity contribution in [1.29, 1.82) is 5.26 Å². The Morgan fingerprint density at radius 2 is 1.86 bits per heavy atom. The molecule has 28 heavy (non-hydrogen) atoms. The molecule has 0 radical (unpaired) electrons. The molecule has 0 fully saturated rings. The lowest BCUT2D eigenvalue weighted by Crippen LogP contribution is -2.26. The summed E-state index contributed by atoms with van der Waals surface area (Å²) in [5, 5.41) is 13.4. The van der Waals surface area contributed by atoms with Crippen molar-refractivity contribution in [2.75, 3.05) is 6.54 Å². The molecule has 0 unspecified atom stereocenters. The smallest absolute Gasteiger partial charge is 0.261 e. The molecule has 0 aliphatic rings. The van der Waals surface area contributed by atoms with E-state index in [9.17, 15) is 10.1 Å². The maximum atomic E-state index is 12.4. The highest BCUT2D eigenvalue weighted by Crippen LogP contribution is 2.23. The number of rotatable bonds is 5. The number of H-pyrrole nitrogens is 1. The van der Waals surface area contributed by atoms with E-state index in [0.717, 1.165) is 22.0 Å². The van der Waals surface area contributed by atoms with E-state index >= 15 is 0 Å². The van der Waals surface area contributed by atoms with Gasteiger partial charge in [0.1, 0.15) is 11.6 Å². The minimum Gasteiger partial charge on any atom is -0.361 e. The summed E-state index contributed by atoms with van der Waals surface area (Å²) >= 11 is 0. The van der Waals surface area contributed by atoms with Crippen LogP contribution in [-0.4, -0.2) is 17.4 Å². The second kappa shape index (κ2) is 8.14. The van der Waals surface area contributed by atoms with Crippen LogP contribution in [0.5, 0.6) is 0 Å². The van der Waals surface area contributed by atoms with Gasteiger partial charge in [0, 0.05) is 23.6 Å². The molecular formula is C24H25N3O. The van der Waals surface area contributed by atoms with Gasteiger partial charge in [-0.25, -0.2) is 0 Å². The molecule has 3 rings (SSSR count). The quantitative estimate of drug-likeness (QED) is 0.503. The number of carbonyl (C=O) groups is 1. The highest BCUT2D eigenvalue weighted by Gasteiger charge is 2.13. The summed E-state index contributed by atoms with van der Waals surface area (Å²) in [4.78, 5) is 15.6. The summed E-state index contributed by atoms with van der Waals surface area (Å²) in [5.41, 5.74) is 4.47. The molecule has 0 saturated carbocycles. The van der Waals surface area contributed by atoms with E-state index in [1.54, 1.807) is 6.08 Å². The normalized spacial score (nSPS) is 12.0. The minimum absolute atomic E-state index is 0.0695. The van der Waals surface area contributed by atoms with Gasteiger partial charge in [-0.15, -0.1) is 0 Å². The number of amides is 1. The molecule has 0 saturated heterocycles. The van der Waals surface area contributed by atoms with Gasteiger partial charge in [0.15, 0.2) is 0 Å². The first-order valence-electron chi connectivity index (χ1n) is 9.44. The molecule has 0 bridgehead atoms. The number of para-hydroxylation sites is 1. The Morgan fingerprint density at radius 1 is 1.14 bits per heavy atom. The molecule has 3 aromatic rings. The van der Waals surface area contributed by atoms with Crippen LogP contribution >= 0.6 is 0 Å². The van der Waals surface area contributed by atoms with Crippen molar-refractivity contribution >= 4 is 22.9 Å². The van der Waals surface area contributed by atoms with Crippen LogP contribution in [0.1, 0.15) is 37.5 Å². The van der Waals surface area contributed by atoms with Gasteiger partial charge in [0.25, 0.3) is 5.91 Å². The third kappa shape index (κ3) is 4.50. The Morgan fingerprint density at radius 3 is 2.54 bits per heavy atom. The Hall–Kier alpha value is -3.32.